The Hall–Kier alpha value is -0.600. The molecule has 53 valence electrons. The quantitative estimate of drug-likeness (QED) is 0.606. The van der Waals surface area contributed by atoms with Crippen LogP contribution in [0.25, 0.3) is 0 Å². The molecule has 0 amide bonds. The lowest BCUT2D eigenvalue weighted by Gasteiger charge is -2.00. The monoisotopic (exact) mass is 175 g/mol. The predicted molar refractivity (Wildman–Crippen MR) is 43.6 cm³/mol. The average Bonchev–Trinajstić information content (AvgIpc) is 1.82. The summed E-state index contributed by atoms with van der Waals surface area (Å²) in [6.45, 7) is 0. The molecular weight excluding hydrogens is 171 g/mol. The Bertz CT molecular complexity index is 237. The van der Waals surface area contributed by atoms with Crippen molar-refractivity contribution in [3.05, 3.63) is 22.2 Å². The molecule has 1 rings (SSSR count). The minimum atomic E-state index is 0.268. The van der Waals surface area contributed by atoms with Crippen LogP contribution in [0.2, 0.25) is 10.0 Å². The van der Waals surface area contributed by atoms with E-state index >= 15 is 0 Å². The third kappa shape index (κ3) is 1.28. The van der Waals surface area contributed by atoms with Crippen molar-refractivity contribution in [2.75, 3.05) is 5.73 Å². The van der Waals surface area contributed by atoms with Crippen LogP contribution in [0.3, 0.4) is 0 Å². The molecule has 1 aromatic carbocycles. The fourth-order valence-electron chi connectivity index (χ4n) is 0.584. The summed E-state index contributed by atoms with van der Waals surface area (Å²) in [7, 11) is 0. The number of halogens is 2. The van der Waals surface area contributed by atoms with Crippen LogP contribution in [0, 0.1) is 0 Å². The number of benzene rings is 1. The van der Waals surface area contributed by atoms with E-state index in [1.54, 1.807) is 0 Å². The first-order chi connectivity index (χ1) is 4.61. The molecule has 0 heterocycles. The topological polar surface area (TPSA) is 49.8 Å². The van der Waals surface area contributed by atoms with E-state index in [4.69, 9.17) is 34.7 Å². The number of nitrogens with two attached hydrogens (primary N) is 1. The van der Waals surface area contributed by atoms with Gasteiger partial charge in [-0.3, -0.25) is 0 Å². The summed E-state index contributed by atoms with van der Waals surface area (Å²) in [5.74, 6) is 0. The van der Waals surface area contributed by atoms with Crippen LogP contribution in [0.5, 0.6) is 0 Å². The zero-order valence-electron chi connectivity index (χ0n) is 4.99. The number of hydrogen-bond acceptors (Lipinski definition) is 1. The Morgan fingerprint density at radius 3 is 2.00 bits per heavy atom. The predicted octanol–water partition coefficient (Wildman–Crippen LogP) is 2.49. The van der Waals surface area contributed by atoms with E-state index in [9.17, 15) is 0 Å². The smallest absolute Gasteiger partial charge is 0.0694 e. The fraction of sp³-hybridized carbons (Fsp3) is 0. The van der Waals surface area contributed by atoms with Gasteiger partial charge in [0.25, 0.3) is 0 Å². The van der Waals surface area contributed by atoms with Gasteiger partial charge in [-0.25, -0.2) is 0 Å². The van der Waals surface area contributed by atoms with Gasteiger partial charge in [-0.05, 0) is 12.1 Å². The van der Waals surface area contributed by atoms with Gasteiger partial charge in [-0.1, -0.05) is 23.2 Å². The molecule has 0 saturated heterocycles. The molecule has 1 radical (unpaired) electrons. The number of nitrogens with one attached hydrogen (secondary N) is 1. The van der Waals surface area contributed by atoms with E-state index in [-0.39, 0.29) is 5.69 Å². The second-order valence-electron chi connectivity index (χ2n) is 1.85. The summed E-state index contributed by atoms with van der Waals surface area (Å²) in [5.41, 5.74) is 13.2. The zero-order chi connectivity index (χ0) is 7.72. The van der Waals surface area contributed by atoms with Crippen molar-refractivity contribution in [3.8, 4) is 0 Å². The van der Waals surface area contributed by atoms with Crippen molar-refractivity contribution in [2.45, 2.75) is 0 Å². The van der Waals surface area contributed by atoms with Crippen molar-refractivity contribution in [2.24, 2.45) is 0 Å². The lowest BCUT2D eigenvalue weighted by molar-refractivity contribution is 1.48. The lowest BCUT2D eigenvalue weighted by atomic mass is 10.3. The van der Waals surface area contributed by atoms with Gasteiger partial charge in [0.1, 0.15) is 0 Å². The first kappa shape index (κ1) is 7.51. The van der Waals surface area contributed by atoms with Crippen molar-refractivity contribution in [3.63, 3.8) is 0 Å². The average molecular weight is 176 g/mol. The van der Waals surface area contributed by atoms with Gasteiger partial charge in [0.2, 0.25) is 0 Å². The summed E-state index contributed by atoms with van der Waals surface area (Å²) in [6.07, 6.45) is 0. The highest BCUT2D eigenvalue weighted by Crippen LogP contribution is 2.29. The highest BCUT2D eigenvalue weighted by molar-refractivity contribution is 6.39. The summed E-state index contributed by atoms with van der Waals surface area (Å²) < 4.78 is 0. The molecule has 0 atom stereocenters. The number of hydrogen-bond donors (Lipinski definition) is 1. The fourth-order valence-corrected chi connectivity index (χ4v) is 1.07. The van der Waals surface area contributed by atoms with Crippen molar-refractivity contribution in [1.29, 1.82) is 0 Å². The Balaban J connectivity index is 3.31. The van der Waals surface area contributed by atoms with Gasteiger partial charge < -0.3 is 11.5 Å². The van der Waals surface area contributed by atoms with Crippen molar-refractivity contribution < 1.29 is 0 Å². The molecule has 10 heavy (non-hydrogen) atoms. The van der Waals surface area contributed by atoms with Crippen LogP contribution in [0.15, 0.2) is 12.1 Å². The van der Waals surface area contributed by atoms with Gasteiger partial charge in [-0.2, -0.15) is 0 Å². The summed E-state index contributed by atoms with van der Waals surface area (Å²) in [6, 6.07) is 2.89. The third-order valence-electron chi connectivity index (χ3n) is 1.08. The van der Waals surface area contributed by atoms with Crippen LogP contribution in [0.4, 0.5) is 11.4 Å². The third-order valence-corrected chi connectivity index (χ3v) is 1.70. The van der Waals surface area contributed by atoms with Crippen molar-refractivity contribution >= 4 is 34.6 Å². The Kier molecular flexibility index (Phi) is 1.92. The van der Waals surface area contributed by atoms with Gasteiger partial charge in [0.05, 0.1) is 21.4 Å². The maximum atomic E-state index is 7.15. The van der Waals surface area contributed by atoms with Crippen molar-refractivity contribution in [1.82, 2.24) is 5.73 Å². The minimum Gasteiger partial charge on any atom is -0.396 e. The molecule has 0 unspecified atom stereocenters. The summed E-state index contributed by atoms with van der Waals surface area (Å²) in [4.78, 5) is 0. The second-order valence-corrected chi connectivity index (χ2v) is 2.67. The SMILES string of the molecule is [NH]c1cc(Cl)c(N)c(Cl)c1. The van der Waals surface area contributed by atoms with Crippen LogP contribution in [-0.2, 0) is 0 Å². The second kappa shape index (κ2) is 2.56. The molecule has 0 saturated carbocycles. The summed E-state index contributed by atoms with van der Waals surface area (Å²) >= 11 is 11.2. The molecule has 4 heteroatoms. The molecule has 0 fully saturated rings. The maximum absolute atomic E-state index is 7.15. The molecule has 0 spiro atoms. The molecule has 0 aliphatic heterocycles. The van der Waals surface area contributed by atoms with Crippen LogP contribution in [-0.4, -0.2) is 0 Å². The van der Waals surface area contributed by atoms with E-state index in [2.05, 4.69) is 0 Å². The Morgan fingerprint density at radius 2 is 1.60 bits per heavy atom. The molecule has 0 aromatic heterocycles. The number of nitrogen functional groups attached to an aromatic ring is 1. The highest BCUT2D eigenvalue weighted by atomic mass is 35.5. The van der Waals surface area contributed by atoms with Crippen LogP contribution >= 0.6 is 23.2 Å². The van der Waals surface area contributed by atoms with Crippen LogP contribution in [0.1, 0.15) is 0 Å². The first-order valence-electron chi connectivity index (χ1n) is 2.57. The van der Waals surface area contributed by atoms with E-state index in [1.807, 2.05) is 0 Å². The normalized spacial score (nSPS) is 9.80. The number of rotatable bonds is 0. The van der Waals surface area contributed by atoms with E-state index in [1.165, 1.54) is 12.1 Å². The minimum absolute atomic E-state index is 0.268. The van der Waals surface area contributed by atoms with Gasteiger partial charge in [-0.15, -0.1) is 0 Å². The lowest BCUT2D eigenvalue weighted by Crippen LogP contribution is -1.87. The summed E-state index contributed by atoms with van der Waals surface area (Å²) in [5, 5.41) is 0.662. The molecule has 1 aromatic rings. The number of anilines is 1. The Labute approximate surface area is 68.7 Å². The molecule has 0 aliphatic carbocycles. The van der Waals surface area contributed by atoms with Gasteiger partial charge in [0, 0.05) is 0 Å². The van der Waals surface area contributed by atoms with E-state index in [0.717, 1.165) is 0 Å². The first-order valence-corrected chi connectivity index (χ1v) is 3.33. The Morgan fingerprint density at radius 1 is 1.20 bits per heavy atom. The van der Waals surface area contributed by atoms with Gasteiger partial charge >= 0.3 is 0 Å². The molecule has 2 nitrogen and oxygen atoms in total. The molecular formula is C6H5Cl2N2. The van der Waals surface area contributed by atoms with E-state index < -0.39 is 0 Å². The maximum Gasteiger partial charge on any atom is 0.0694 e. The molecule has 0 bridgehead atoms. The molecule has 0 aliphatic rings. The van der Waals surface area contributed by atoms with Crippen LogP contribution < -0.4 is 11.5 Å². The van der Waals surface area contributed by atoms with E-state index in [0.29, 0.717) is 15.7 Å². The van der Waals surface area contributed by atoms with Gasteiger partial charge in [0.15, 0.2) is 0 Å². The zero-order valence-corrected chi connectivity index (χ0v) is 6.50. The standard InChI is InChI=1S/C6H5Cl2N2/c7-4-1-3(9)2-5(8)6(4)10/h1-2,9H,10H2. The highest BCUT2D eigenvalue weighted by Gasteiger charge is 2.01. The largest absolute Gasteiger partial charge is 0.396 e. The molecule has 3 N–H and O–H groups in total.